The first kappa shape index (κ1) is 98.2. The van der Waals surface area contributed by atoms with Crippen LogP contribution >= 0.6 is 0 Å². The maximum absolute atomic E-state index is 5.62. The summed E-state index contributed by atoms with van der Waals surface area (Å²) < 4.78 is 5.44. The van der Waals surface area contributed by atoms with E-state index in [2.05, 4.69) is 328 Å². The molecule has 9 aliphatic rings. The smallest absolute Gasteiger partial charge is 0.246 e. The molecular formula is C87H129N45. The molecule has 0 fully saturated rings. The number of nitrogens with zero attached hydrogens (tertiary/aromatic N) is 28. The molecule has 0 bridgehead atoms. The van der Waals surface area contributed by atoms with Gasteiger partial charge in [-0.25, -0.2) is 30.6 Å². The van der Waals surface area contributed by atoms with E-state index in [4.69, 9.17) is 22.9 Å². The molecule has 18 rings (SSSR count). The second-order valence-corrected chi connectivity index (χ2v) is 31.4. The molecule has 0 aliphatic heterocycles. The normalized spacial score (nSPS) is 14.3. The summed E-state index contributed by atoms with van der Waals surface area (Å²) in [5, 5.41) is 85.9. The summed E-state index contributed by atoms with van der Waals surface area (Å²) in [5.74, 6) is 11.4. The van der Waals surface area contributed by atoms with Crippen LogP contribution in [-0.4, -0.2) is 279 Å². The Kier molecular flexibility index (Phi) is 38.0. The van der Waals surface area contributed by atoms with E-state index in [1.165, 1.54) is 50.2 Å². The molecule has 702 valence electrons. The van der Waals surface area contributed by atoms with Crippen molar-refractivity contribution in [3.63, 3.8) is 0 Å². The van der Waals surface area contributed by atoms with E-state index in [1.807, 2.05) is 133 Å². The van der Waals surface area contributed by atoms with Crippen molar-refractivity contribution < 1.29 is 0 Å². The minimum atomic E-state index is 0.332. The van der Waals surface area contributed by atoms with Gasteiger partial charge in [0.1, 0.15) is 0 Å². The molecular weight excluding hydrogens is 1680 g/mol. The van der Waals surface area contributed by atoms with Crippen molar-refractivity contribution in [3.8, 4) is 0 Å². The first-order valence-electron chi connectivity index (χ1n) is 43.2. The van der Waals surface area contributed by atoms with E-state index < -0.39 is 0 Å². The third-order valence-corrected chi connectivity index (χ3v) is 20.2. The van der Waals surface area contributed by atoms with Gasteiger partial charge in [0.05, 0.1) is 0 Å². The van der Waals surface area contributed by atoms with Crippen LogP contribution in [-0.2, 0) is 21.1 Å². The molecule has 0 saturated heterocycles. The van der Waals surface area contributed by atoms with Crippen LogP contribution in [0.4, 0.5) is 107 Å². The number of hydrogen-bond donors (Lipinski definition) is 17. The molecule has 0 aromatic carbocycles. The van der Waals surface area contributed by atoms with Crippen LogP contribution in [0.1, 0.15) is 57.8 Å². The summed E-state index contributed by atoms with van der Waals surface area (Å²) in [5.41, 5.74) is 33.6. The Hall–Kier alpha value is -16.0. The molecule has 9 heterocycles. The molecule has 0 atom stereocenters. The number of aromatic amines is 6. The SMILES string of the molecule is CN(C)c1n[nH]c(N(C)CC2=CCC=C2)n1.CN(C)c1n[nH]c(NCC2=CCC=C2)n1.CN(C)c1nnc(NCC2=CCC=C2)n1C.CN(CC1=CCC=C1)c1n[nH]c(N)n1.CN(CC1=CCC=C1)c1nnc(N)n1C.CNc1n[nH]c(NCC2=CCC=C2)n1.CNc1nc(N(C)CC2=CCC=C2)n[nH]1.Cn1c(N)nnc1NCC1=CCC=C1.Nc1nc(NCC2=CCC=C2)n[nH]1. The van der Waals surface area contributed by atoms with Crippen LogP contribution in [0.3, 0.4) is 0 Å². The number of H-pyrrole nitrogens is 6. The Balaban J connectivity index is 0.000000154. The summed E-state index contributed by atoms with van der Waals surface area (Å²) in [6.45, 7) is 7.24. The predicted molar refractivity (Wildman–Crippen MR) is 533 cm³/mol. The fourth-order valence-corrected chi connectivity index (χ4v) is 12.9. The molecule has 9 aromatic rings. The van der Waals surface area contributed by atoms with Crippen LogP contribution in [0.2, 0.25) is 0 Å². The highest BCUT2D eigenvalue weighted by Gasteiger charge is 2.18. The topological polar surface area (TPSA) is 553 Å². The Labute approximate surface area is 769 Å². The van der Waals surface area contributed by atoms with Crippen molar-refractivity contribution in [1.29, 1.82) is 0 Å². The number of hydrogen-bond acceptors (Lipinski definition) is 36. The van der Waals surface area contributed by atoms with Crippen LogP contribution in [0.15, 0.2) is 214 Å². The highest BCUT2D eigenvalue weighted by Crippen LogP contribution is 2.23. The molecule has 0 radical (unpaired) electrons. The number of anilines is 18. The van der Waals surface area contributed by atoms with Crippen LogP contribution in [0.5, 0.6) is 0 Å². The van der Waals surface area contributed by atoms with Gasteiger partial charge in [-0.15, -0.1) is 61.2 Å². The average molecular weight is 1810 g/mol. The lowest BCUT2D eigenvalue weighted by Gasteiger charge is -2.17. The number of nitrogens with one attached hydrogen (secondary N) is 13. The van der Waals surface area contributed by atoms with E-state index in [9.17, 15) is 0 Å². The number of allylic oxidation sites excluding steroid dienone is 18. The largest absolute Gasteiger partial charge is 0.368 e. The fourth-order valence-electron chi connectivity index (χ4n) is 12.9. The molecule has 0 amide bonds. The zero-order chi connectivity index (χ0) is 94.1. The van der Waals surface area contributed by atoms with Gasteiger partial charge in [-0.05, 0) is 108 Å². The number of aromatic nitrogens is 27. The van der Waals surface area contributed by atoms with Crippen molar-refractivity contribution in [2.24, 2.45) is 21.1 Å². The zero-order valence-corrected chi connectivity index (χ0v) is 78.1. The number of rotatable bonds is 32. The van der Waals surface area contributed by atoms with Gasteiger partial charge in [0.15, 0.2) is 0 Å². The summed E-state index contributed by atoms with van der Waals surface area (Å²) in [4.78, 5) is 38.8. The van der Waals surface area contributed by atoms with E-state index in [0.717, 1.165) is 140 Å². The summed E-state index contributed by atoms with van der Waals surface area (Å²) >= 11 is 0. The van der Waals surface area contributed by atoms with Crippen molar-refractivity contribution in [3.05, 3.63) is 214 Å². The first-order valence-corrected chi connectivity index (χ1v) is 43.2. The van der Waals surface area contributed by atoms with E-state index in [0.29, 0.717) is 83.3 Å². The Bertz CT molecular complexity index is 5690. The van der Waals surface area contributed by atoms with Crippen LogP contribution in [0, 0.1) is 0 Å². The third-order valence-electron chi connectivity index (χ3n) is 20.2. The summed E-state index contributed by atoms with van der Waals surface area (Å²) in [6, 6.07) is 0. The van der Waals surface area contributed by atoms with Gasteiger partial charge >= 0.3 is 0 Å². The highest BCUT2D eigenvalue weighted by atomic mass is 15.5. The minimum Gasteiger partial charge on any atom is -0.368 e. The van der Waals surface area contributed by atoms with Gasteiger partial charge < -0.3 is 94.5 Å². The third kappa shape index (κ3) is 32.1. The molecule has 0 saturated carbocycles. The lowest BCUT2D eigenvalue weighted by molar-refractivity contribution is 0.843. The summed E-state index contributed by atoms with van der Waals surface area (Å²) in [7, 11) is 28.7. The highest BCUT2D eigenvalue weighted by molar-refractivity contribution is 5.48. The van der Waals surface area contributed by atoms with Gasteiger partial charge in [0, 0.05) is 165 Å². The van der Waals surface area contributed by atoms with Crippen LogP contribution < -0.4 is 94.5 Å². The Morgan fingerprint density at radius 3 is 1.02 bits per heavy atom. The van der Waals surface area contributed by atoms with E-state index >= 15 is 0 Å². The van der Waals surface area contributed by atoms with Gasteiger partial charge in [-0.1, -0.05) is 164 Å². The molecule has 9 aliphatic carbocycles. The Morgan fingerprint density at radius 1 is 0.295 bits per heavy atom. The Morgan fingerprint density at radius 2 is 0.644 bits per heavy atom. The molecule has 0 spiro atoms. The molecule has 45 nitrogen and oxygen atoms in total. The predicted octanol–water partition coefficient (Wildman–Crippen LogP) is 8.66. The van der Waals surface area contributed by atoms with Gasteiger partial charge in [-0.3, -0.25) is 13.7 Å². The second kappa shape index (κ2) is 51.1. The number of nitrogens with two attached hydrogens (primary N) is 4. The number of nitrogen functional groups attached to an aromatic ring is 4. The van der Waals surface area contributed by atoms with Crippen molar-refractivity contribution in [2.45, 2.75) is 57.8 Å². The molecule has 9 aromatic heterocycles. The van der Waals surface area contributed by atoms with Gasteiger partial charge in [-0.2, -0.15) is 29.9 Å². The average Bonchev–Trinajstić information content (AvgIpc) is 1.69. The fraction of sp³-hybridized carbons (Fsp3) is 0.379. The van der Waals surface area contributed by atoms with Crippen LogP contribution in [0.25, 0.3) is 0 Å². The molecule has 21 N–H and O–H groups in total. The zero-order valence-electron chi connectivity index (χ0n) is 78.1. The molecule has 0 unspecified atom stereocenters. The second-order valence-electron chi connectivity index (χ2n) is 31.4. The van der Waals surface area contributed by atoms with E-state index in [-0.39, 0.29) is 0 Å². The quantitative estimate of drug-likeness (QED) is 0.0187. The minimum absolute atomic E-state index is 0.332. The first-order chi connectivity index (χ1) is 63.8. The lowest BCUT2D eigenvalue weighted by atomic mass is 10.3. The van der Waals surface area contributed by atoms with Crippen molar-refractivity contribution >= 4 is 107 Å². The van der Waals surface area contributed by atoms with Gasteiger partial charge in [0.25, 0.3) is 0 Å². The van der Waals surface area contributed by atoms with Gasteiger partial charge in [0.2, 0.25) is 107 Å². The molecule has 132 heavy (non-hydrogen) atoms. The van der Waals surface area contributed by atoms with Crippen molar-refractivity contribution in [2.75, 3.05) is 238 Å². The van der Waals surface area contributed by atoms with E-state index in [1.54, 1.807) is 16.2 Å². The lowest BCUT2D eigenvalue weighted by Crippen LogP contribution is -2.22. The number of likely N-dealkylation sites (N-methyl/N-ethyl adjacent to an activating group) is 4. The standard InChI is InChI=1S/2C11H17N5.3C10H15N5.3C9H13N5.C8H11N5/c1-15(2)10-12-11(14-13-10)16(3)8-9-6-4-5-7-9;1-15(2)11-14-13-10(16(11)3)12-8-9-6-4-5-7-9;1-14(7-8-5-3-4-6-8)10-13-12-9(11)15(10)2;1-15(2)10-12-9(13-14-10)11-7-8-5-3-4-6-8;1-11-9-12-10(14-13-9)15(2)7-8-5-3-4-6-8;1-14(6-7-4-2-3-5-7)9-11-8(10)12-13-9;1-14-8(10)12-13-9(14)11-6-7-4-2-3-5-7;1-10-8-12-9(14-13-8)11-6-7-4-2-3-5-7;9-7-11-8(13-12-7)10-5-6-3-1-2-4-6/h4,6-7H,5,8H2,1-3H3,(H,12,13,14);4,6-7H,5,8H2,1-3H3,(H,12,13);3,5-6H,4,7H2,1-2H3,(H2,11,12);2*3,5-6H,4,7H2,1-2H3,(H2,11,12,13,14);2,4-5H,3,6H2,1H3,(H3,10,11,12,13);2,4-5H,3,6H2,1H3,(H2,10,12)(H,11,13);2,4-5H,3,6H2,1H3,(H3,10,11,12,13,14);1,3-4H,2,5H2,(H4,9,10,11,12,13). The van der Waals surface area contributed by atoms with Crippen molar-refractivity contribution in [1.82, 2.24) is 135 Å². The maximum Gasteiger partial charge on any atom is 0.246 e. The maximum atomic E-state index is 5.62. The summed E-state index contributed by atoms with van der Waals surface area (Å²) in [6.07, 6.45) is 67.4. The molecule has 45 heteroatoms. The monoisotopic (exact) mass is 1800 g/mol.